The van der Waals surface area contributed by atoms with Gasteiger partial charge < -0.3 is 10.8 Å². The van der Waals surface area contributed by atoms with Crippen molar-refractivity contribution in [3.8, 4) is 0 Å². The van der Waals surface area contributed by atoms with Crippen molar-refractivity contribution in [1.29, 1.82) is 0 Å². The van der Waals surface area contributed by atoms with Crippen molar-refractivity contribution in [2.45, 2.75) is 104 Å². The highest BCUT2D eigenvalue weighted by molar-refractivity contribution is 5.66. The first kappa shape index (κ1) is 24.4. The molecule has 0 unspecified atom stereocenters. The lowest BCUT2D eigenvalue weighted by atomic mass is 10.1. The maximum atomic E-state index is 10.3. The van der Waals surface area contributed by atoms with Crippen molar-refractivity contribution in [2.24, 2.45) is 5.73 Å². The Hall–Kier alpha value is -0.830. The van der Waals surface area contributed by atoms with Crippen molar-refractivity contribution >= 4 is 5.97 Å². The van der Waals surface area contributed by atoms with Crippen LogP contribution in [0.15, 0.2) is 12.2 Å². The molecule has 0 amide bonds. The van der Waals surface area contributed by atoms with E-state index in [0.29, 0.717) is 6.42 Å². The van der Waals surface area contributed by atoms with Gasteiger partial charge in [-0.1, -0.05) is 77.4 Å². The van der Waals surface area contributed by atoms with Gasteiger partial charge in [0.1, 0.15) is 0 Å². The summed E-state index contributed by atoms with van der Waals surface area (Å²) in [4.78, 5) is 10.3. The molecule has 0 aliphatic rings. The van der Waals surface area contributed by atoms with Crippen LogP contribution in [0, 0.1) is 0 Å². The van der Waals surface area contributed by atoms with Crippen LogP contribution >= 0.6 is 0 Å². The molecule has 3 heteroatoms. The zero-order valence-corrected chi connectivity index (χ0v) is 15.7. The van der Waals surface area contributed by atoms with Crippen LogP contribution in [0.3, 0.4) is 0 Å². The van der Waals surface area contributed by atoms with Gasteiger partial charge in [-0.25, -0.2) is 0 Å². The number of hydrogen-bond donors (Lipinski definition) is 2. The van der Waals surface area contributed by atoms with Crippen LogP contribution in [0.25, 0.3) is 0 Å². The molecule has 0 fully saturated rings. The van der Waals surface area contributed by atoms with Gasteiger partial charge in [-0.3, -0.25) is 4.79 Å². The van der Waals surface area contributed by atoms with E-state index in [-0.39, 0.29) is 0 Å². The Labute approximate surface area is 144 Å². The molecule has 138 valence electrons. The van der Waals surface area contributed by atoms with Gasteiger partial charge in [-0.15, -0.1) is 0 Å². The van der Waals surface area contributed by atoms with Crippen LogP contribution in [-0.2, 0) is 4.79 Å². The molecule has 0 aliphatic heterocycles. The van der Waals surface area contributed by atoms with Crippen LogP contribution in [0.1, 0.15) is 104 Å². The van der Waals surface area contributed by atoms with Gasteiger partial charge in [0.15, 0.2) is 0 Å². The first-order chi connectivity index (χ1) is 11.2. The van der Waals surface area contributed by atoms with Gasteiger partial charge in [0, 0.05) is 6.42 Å². The molecule has 3 nitrogen and oxygen atoms in total. The smallest absolute Gasteiger partial charge is 0.303 e. The summed E-state index contributed by atoms with van der Waals surface area (Å²) in [6.45, 7) is 4.91. The fraction of sp³-hybridized carbons (Fsp3) is 0.850. The zero-order valence-electron chi connectivity index (χ0n) is 15.7. The molecule has 0 spiro atoms. The zero-order chi connectivity index (χ0) is 17.6. The van der Waals surface area contributed by atoms with Gasteiger partial charge in [0.05, 0.1) is 0 Å². The second kappa shape index (κ2) is 23.4. The molecule has 0 saturated heterocycles. The topological polar surface area (TPSA) is 63.3 Å². The summed E-state index contributed by atoms with van der Waals surface area (Å²) in [6, 6.07) is 0. The van der Waals surface area contributed by atoms with E-state index in [9.17, 15) is 4.79 Å². The summed E-state index contributed by atoms with van der Waals surface area (Å²) in [6.07, 6.45) is 21.2. The van der Waals surface area contributed by atoms with Gasteiger partial charge >= 0.3 is 5.97 Å². The monoisotopic (exact) mass is 327 g/mol. The number of hydrogen-bond acceptors (Lipinski definition) is 2. The fourth-order valence-electron chi connectivity index (χ4n) is 2.35. The predicted octanol–water partition coefficient (Wildman–Crippen LogP) is 6.07. The molecule has 0 aromatic heterocycles. The van der Waals surface area contributed by atoms with E-state index in [0.717, 1.165) is 19.4 Å². The minimum absolute atomic E-state index is 0.332. The van der Waals surface area contributed by atoms with E-state index in [1.54, 1.807) is 0 Å². The molecule has 0 aromatic carbocycles. The van der Waals surface area contributed by atoms with Gasteiger partial charge in [-0.05, 0) is 38.6 Å². The number of carboxylic acid groups (broad SMARTS) is 1. The summed E-state index contributed by atoms with van der Waals surface area (Å²) in [5.74, 6) is -0.664. The summed E-state index contributed by atoms with van der Waals surface area (Å²) >= 11 is 0. The Morgan fingerprint density at radius 3 is 1.61 bits per heavy atom. The number of carbonyl (C=O) groups is 1. The number of nitrogens with two attached hydrogens (primary N) is 1. The van der Waals surface area contributed by atoms with Crippen LogP contribution in [-0.4, -0.2) is 17.6 Å². The average Bonchev–Trinajstić information content (AvgIpc) is 2.51. The average molecular weight is 328 g/mol. The second-order valence-electron chi connectivity index (χ2n) is 6.14. The van der Waals surface area contributed by atoms with Crippen LogP contribution < -0.4 is 5.73 Å². The highest BCUT2D eigenvalue weighted by Crippen LogP contribution is 2.09. The first-order valence-corrected chi connectivity index (χ1v) is 9.75. The molecular formula is C20H41NO2. The van der Waals surface area contributed by atoms with E-state index in [4.69, 9.17) is 10.8 Å². The van der Waals surface area contributed by atoms with Crippen molar-refractivity contribution in [3.05, 3.63) is 12.2 Å². The van der Waals surface area contributed by atoms with Gasteiger partial charge in [-0.2, -0.15) is 0 Å². The van der Waals surface area contributed by atoms with E-state index >= 15 is 0 Å². The lowest BCUT2D eigenvalue weighted by molar-refractivity contribution is -0.137. The molecule has 0 aliphatic carbocycles. The van der Waals surface area contributed by atoms with E-state index in [1.807, 2.05) is 6.92 Å². The minimum atomic E-state index is -0.664. The number of aliphatic carboxylic acids is 1. The Balaban J connectivity index is 0. The summed E-state index contributed by atoms with van der Waals surface area (Å²) in [7, 11) is 0. The Morgan fingerprint density at radius 2 is 1.17 bits per heavy atom. The molecule has 0 atom stereocenters. The third-order valence-corrected chi connectivity index (χ3v) is 3.65. The van der Waals surface area contributed by atoms with Crippen LogP contribution in [0.5, 0.6) is 0 Å². The number of carboxylic acids is 1. The van der Waals surface area contributed by atoms with E-state index in [2.05, 4.69) is 19.1 Å². The number of rotatable bonds is 15. The lowest BCUT2D eigenvalue weighted by Gasteiger charge is -1.99. The minimum Gasteiger partial charge on any atom is -0.481 e. The van der Waals surface area contributed by atoms with Gasteiger partial charge in [0.25, 0.3) is 0 Å². The van der Waals surface area contributed by atoms with Crippen LogP contribution in [0.4, 0.5) is 0 Å². The highest BCUT2D eigenvalue weighted by Gasteiger charge is 1.95. The molecule has 0 saturated carbocycles. The quantitative estimate of drug-likeness (QED) is 0.283. The van der Waals surface area contributed by atoms with Crippen molar-refractivity contribution in [1.82, 2.24) is 0 Å². The fourth-order valence-corrected chi connectivity index (χ4v) is 2.35. The molecule has 23 heavy (non-hydrogen) atoms. The summed E-state index contributed by atoms with van der Waals surface area (Å²) < 4.78 is 0. The molecular weight excluding hydrogens is 286 g/mol. The highest BCUT2D eigenvalue weighted by atomic mass is 16.4. The standard InChI is InChI=1S/C18H34O2.C2H7N/c1-2-3-4-5-6-7-8-9-10-11-12-13-14-15-16-17-18(19)20;1-2-3/h9-10H,2-8,11-17H2,1H3,(H,19,20);2-3H2,1H3. The molecule has 0 radical (unpaired) electrons. The lowest BCUT2D eigenvalue weighted by Crippen LogP contribution is -1.93. The third-order valence-electron chi connectivity index (χ3n) is 3.65. The largest absolute Gasteiger partial charge is 0.481 e. The SMILES string of the molecule is CCCCCCCCC=CCCCCCCCC(=O)O.CCN. The first-order valence-electron chi connectivity index (χ1n) is 9.75. The maximum Gasteiger partial charge on any atom is 0.303 e. The summed E-state index contributed by atoms with van der Waals surface area (Å²) in [5.41, 5.74) is 4.85. The van der Waals surface area contributed by atoms with Gasteiger partial charge in [0.2, 0.25) is 0 Å². The van der Waals surface area contributed by atoms with Crippen LogP contribution in [0.2, 0.25) is 0 Å². The van der Waals surface area contributed by atoms with E-state index < -0.39 is 5.97 Å². The van der Waals surface area contributed by atoms with Crippen molar-refractivity contribution < 1.29 is 9.90 Å². The summed E-state index contributed by atoms with van der Waals surface area (Å²) in [5, 5.41) is 8.51. The normalized spacial score (nSPS) is 10.6. The molecule has 3 N–H and O–H groups in total. The third kappa shape index (κ3) is 29.8. The number of unbranched alkanes of at least 4 members (excludes halogenated alkanes) is 11. The Bertz CT molecular complexity index is 252. The maximum absolute atomic E-state index is 10.3. The van der Waals surface area contributed by atoms with Crippen molar-refractivity contribution in [3.63, 3.8) is 0 Å². The predicted molar refractivity (Wildman–Crippen MR) is 102 cm³/mol. The number of allylic oxidation sites excluding steroid dienone is 2. The molecule has 0 bridgehead atoms. The molecule has 0 heterocycles. The van der Waals surface area contributed by atoms with Crippen molar-refractivity contribution in [2.75, 3.05) is 6.54 Å². The van der Waals surface area contributed by atoms with E-state index in [1.165, 1.54) is 70.6 Å². The second-order valence-corrected chi connectivity index (χ2v) is 6.14. The molecule has 0 aromatic rings. The molecule has 0 rings (SSSR count). The Morgan fingerprint density at radius 1 is 0.783 bits per heavy atom. The Kier molecular flexibility index (Phi) is 24.9.